The SMILES string of the molecule is C[Si](C)(C)c1c(Br)cccc1B(O)O. The van der Waals surface area contributed by atoms with Crippen molar-refractivity contribution in [3.05, 3.63) is 22.7 Å². The molecule has 0 heterocycles. The Morgan fingerprint density at radius 3 is 2.14 bits per heavy atom. The highest BCUT2D eigenvalue weighted by Gasteiger charge is 2.27. The van der Waals surface area contributed by atoms with Gasteiger partial charge in [0.1, 0.15) is 0 Å². The average molecular weight is 273 g/mol. The minimum atomic E-state index is -1.55. The molecule has 14 heavy (non-hydrogen) atoms. The van der Waals surface area contributed by atoms with Crippen molar-refractivity contribution in [2.24, 2.45) is 0 Å². The Labute approximate surface area is 94.3 Å². The summed E-state index contributed by atoms with van der Waals surface area (Å²) < 4.78 is 0.974. The van der Waals surface area contributed by atoms with Crippen molar-refractivity contribution in [1.29, 1.82) is 0 Å². The van der Waals surface area contributed by atoms with Gasteiger partial charge < -0.3 is 10.0 Å². The van der Waals surface area contributed by atoms with Gasteiger partial charge in [-0.2, -0.15) is 0 Å². The number of hydrogen-bond acceptors (Lipinski definition) is 2. The van der Waals surface area contributed by atoms with E-state index in [1.54, 1.807) is 6.07 Å². The van der Waals surface area contributed by atoms with Crippen molar-refractivity contribution in [3.8, 4) is 0 Å². The van der Waals surface area contributed by atoms with Gasteiger partial charge in [0.05, 0.1) is 8.07 Å². The Kier molecular flexibility index (Phi) is 3.58. The van der Waals surface area contributed by atoms with Crippen LogP contribution in [0.4, 0.5) is 0 Å². The largest absolute Gasteiger partial charge is 0.488 e. The third-order valence-corrected chi connectivity index (χ3v) is 5.16. The third kappa shape index (κ3) is 2.48. The number of rotatable bonds is 2. The lowest BCUT2D eigenvalue weighted by molar-refractivity contribution is 0.426. The van der Waals surface area contributed by atoms with E-state index in [0.29, 0.717) is 5.46 Å². The first-order chi connectivity index (χ1) is 6.34. The minimum absolute atomic E-state index is 0.624. The van der Waals surface area contributed by atoms with E-state index in [9.17, 15) is 10.0 Å². The van der Waals surface area contributed by atoms with E-state index in [0.717, 1.165) is 9.66 Å². The maximum Gasteiger partial charge on any atom is 0.488 e. The molecule has 1 rings (SSSR count). The highest BCUT2D eigenvalue weighted by molar-refractivity contribution is 9.10. The molecule has 0 saturated heterocycles. The molecule has 0 aliphatic heterocycles. The minimum Gasteiger partial charge on any atom is -0.423 e. The molecule has 76 valence electrons. The van der Waals surface area contributed by atoms with E-state index in [-0.39, 0.29) is 0 Å². The topological polar surface area (TPSA) is 40.5 Å². The van der Waals surface area contributed by atoms with Crippen molar-refractivity contribution in [1.82, 2.24) is 0 Å². The molecule has 0 aliphatic carbocycles. The molecule has 0 spiro atoms. The molecule has 0 radical (unpaired) electrons. The first-order valence-corrected chi connectivity index (χ1v) is 8.78. The smallest absolute Gasteiger partial charge is 0.423 e. The van der Waals surface area contributed by atoms with Gasteiger partial charge in [-0.3, -0.25) is 0 Å². The van der Waals surface area contributed by atoms with E-state index >= 15 is 0 Å². The van der Waals surface area contributed by atoms with E-state index < -0.39 is 15.2 Å². The van der Waals surface area contributed by atoms with Crippen LogP contribution < -0.4 is 10.6 Å². The van der Waals surface area contributed by atoms with Gasteiger partial charge in [0.15, 0.2) is 0 Å². The van der Waals surface area contributed by atoms with Crippen molar-refractivity contribution in [3.63, 3.8) is 0 Å². The lowest BCUT2D eigenvalue weighted by Gasteiger charge is -2.22. The van der Waals surface area contributed by atoms with Crippen LogP contribution in [0.2, 0.25) is 19.6 Å². The molecule has 2 nitrogen and oxygen atoms in total. The Morgan fingerprint density at radius 2 is 1.79 bits per heavy atom. The highest BCUT2D eigenvalue weighted by Crippen LogP contribution is 2.11. The maximum absolute atomic E-state index is 9.25. The first-order valence-electron chi connectivity index (χ1n) is 4.49. The van der Waals surface area contributed by atoms with Crippen LogP contribution in [0.5, 0.6) is 0 Å². The molecule has 1 aromatic carbocycles. The van der Waals surface area contributed by atoms with Crippen LogP contribution in [0.1, 0.15) is 0 Å². The molecule has 0 unspecified atom stereocenters. The van der Waals surface area contributed by atoms with Crippen LogP contribution in [0.15, 0.2) is 22.7 Å². The van der Waals surface area contributed by atoms with Gasteiger partial charge in [-0.1, -0.05) is 47.7 Å². The molecular weight excluding hydrogens is 259 g/mol. The van der Waals surface area contributed by atoms with E-state index in [1.807, 2.05) is 12.1 Å². The molecule has 0 amide bonds. The lowest BCUT2D eigenvalue weighted by atomic mass is 9.80. The van der Waals surface area contributed by atoms with Crippen LogP contribution in [-0.4, -0.2) is 25.2 Å². The van der Waals surface area contributed by atoms with Crippen LogP contribution >= 0.6 is 15.9 Å². The molecule has 2 N–H and O–H groups in total. The second-order valence-corrected chi connectivity index (χ2v) is 10.2. The summed E-state index contributed by atoms with van der Waals surface area (Å²) in [6, 6.07) is 5.53. The van der Waals surface area contributed by atoms with Gasteiger partial charge in [0.25, 0.3) is 0 Å². The predicted octanol–water partition coefficient (Wildman–Crippen LogP) is 0.674. The Balaban J connectivity index is 3.38. The normalized spacial score (nSPS) is 11.6. The van der Waals surface area contributed by atoms with Crippen molar-refractivity contribution >= 4 is 41.8 Å². The summed E-state index contributed by atoms with van der Waals surface area (Å²) in [5, 5.41) is 19.6. The van der Waals surface area contributed by atoms with E-state index in [1.165, 1.54) is 0 Å². The van der Waals surface area contributed by atoms with E-state index in [4.69, 9.17) is 0 Å². The molecule has 1 aromatic rings. The molecule has 0 atom stereocenters. The second-order valence-electron chi connectivity index (χ2n) is 4.33. The summed E-state index contributed by atoms with van der Waals surface area (Å²) in [5.74, 6) is 0. The second kappa shape index (κ2) is 4.18. The fraction of sp³-hybridized carbons (Fsp3) is 0.333. The average Bonchev–Trinajstić information content (AvgIpc) is 2.01. The molecular formula is C9H14BBrO2Si. The summed E-state index contributed by atoms with van der Waals surface area (Å²) in [5.41, 5.74) is 0.624. The Hall–Kier alpha value is -0.0982. The zero-order chi connectivity index (χ0) is 10.9. The van der Waals surface area contributed by atoms with Gasteiger partial charge >= 0.3 is 7.12 Å². The van der Waals surface area contributed by atoms with Crippen LogP contribution in [-0.2, 0) is 0 Å². The molecule has 0 bridgehead atoms. The molecule has 5 heteroatoms. The van der Waals surface area contributed by atoms with Crippen LogP contribution in [0, 0.1) is 0 Å². The fourth-order valence-electron chi connectivity index (χ4n) is 1.55. The quantitative estimate of drug-likeness (QED) is 0.778. The van der Waals surface area contributed by atoms with Crippen LogP contribution in [0.3, 0.4) is 0 Å². The van der Waals surface area contributed by atoms with Crippen molar-refractivity contribution < 1.29 is 10.0 Å². The number of hydrogen-bond donors (Lipinski definition) is 2. The zero-order valence-corrected chi connectivity index (χ0v) is 11.2. The number of halogens is 1. The van der Waals surface area contributed by atoms with Gasteiger partial charge in [0, 0.05) is 4.47 Å². The van der Waals surface area contributed by atoms with Gasteiger partial charge in [-0.05, 0) is 16.7 Å². The standard InChI is InChI=1S/C9H14BBrO2Si/c1-14(2,3)9-7(10(12)13)5-4-6-8(9)11/h4-6,12-13H,1-3H3. The molecule has 0 aliphatic rings. The molecule has 0 fully saturated rings. The Morgan fingerprint density at radius 1 is 1.21 bits per heavy atom. The van der Waals surface area contributed by atoms with Crippen molar-refractivity contribution in [2.45, 2.75) is 19.6 Å². The predicted molar refractivity (Wildman–Crippen MR) is 66.9 cm³/mol. The molecule has 0 saturated carbocycles. The van der Waals surface area contributed by atoms with Crippen molar-refractivity contribution in [2.75, 3.05) is 0 Å². The summed E-state index contributed by atoms with van der Waals surface area (Å²) in [4.78, 5) is 0. The summed E-state index contributed by atoms with van der Waals surface area (Å²) in [6.45, 7) is 6.54. The number of benzene rings is 1. The van der Waals surface area contributed by atoms with E-state index in [2.05, 4.69) is 35.6 Å². The fourth-order valence-corrected chi connectivity index (χ4v) is 5.59. The summed E-state index contributed by atoms with van der Waals surface area (Å²) in [6.07, 6.45) is 0. The summed E-state index contributed by atoms with van der Waals surface area (Å²) in [7, 11) is -2.93. The monoisotopic (exact) mass is 272 g/mol. The molecule has 0 aromatic heterocycles. The van der Waals surface area contributed by atoms with Gasteiger partial charge in [-0.15, -0.1) is 0 Å². The third-order valence-electron chi connectivity index (χ3n) is 2.07. The Bertz CT molecular complexity index is 336. The van der Waals surface area contributed by atoms with Gasteiger partial charge in [-0.25, -0.2) is 0 Å². The first kappa shape index (κ1) is 12.0. The van der Waals surface area contributed by atoms with Crippen LogP contribution in [0.25, 0.3) is 0 Å². The summed E-state index contributed by atoms with van der Waals surface area (Å²) >= 11 is 3.46. The zero-order valence-electron chi connectivity index (χ0n) is 8.58. The highest BCUT2D eigenvalue weighted by atomic mass is 79.9. The van der Waals surface area contributed by atoms with Gasteiger partial charge in [0.2, 0.25) is 0 Å². The lowest BCUT2D eigenvalue weighted by Crippen LogP contribution is -2.53. The maximum atomic E-state index is 9.25.